The van der Waals surface area contributed by atoms with Crippen molar-refractivity contribution in [2.24, 2.45) is 0 Å². The molecule has 0 saturated carbocycles. The summed E-state index contributed by atoms with van der Waals surface area (Å²) in [6.45, 7) is 3.96. The van der Waals surface area contributed by atoms with Crippen LogP contribution >= 0.6 is 15.9 Å². The molecule has 0 bridgehead atoms. The highest BCUT2D eigenvalue weighted by molar-refractivity contribution is 9.10. The average molecular weight is 508 g/mol. The van der Waals surface area contributed by atoms with Crippen LogP contribution in [0.1, 0.15) is 31.4 Å². The van der Waals surface area contributed by atoms with Gasteiger partial charge in [-0.25, -0.2) is 9.78 Å². The van der Waals surface area contributed by atoms with Crippen molar-refractivity contribution in [2.75, 3.05) is 25.4 Å². The van der Waals surface area contributed by atoms with E-state index in [0.717, 1.165) is 45.5 Å². The highest BCUT2D eigenvalue weighted by Gasteiger charge is 2.28. The van der Waals surface area contributed by atoms with E-state index >= 15 is 0 Å². The van der Waals surface area contributed by atoms with Crippen molar-refractivity contribution in [3.05, 3.63) is 65.2 Å². The number of halogens is 1. The standard InChI is InChI=1S/C24H26BrN7O/c1-2-27-24(33)30-11-8-16(9-12-30)21-20(25)22(26)32-23(29-21)19(14-28-32)17-10-13-31(15-17)18-6-4-3-5-7-18/h3-7,10,13-16H,2,8-9,11-12,26H2,1H3,(H,27,33). The second-order valence-corrected chi connectivity index (χ2v) is 9.02. The molecule has 1 aromatic carbocycles. The van der Waals surface area contributed by atoms with Crippen LogP contribution in [0.2, 0.25) is 0 Å². The Morgan fingerprint density at radius 1 is 1.21 bits per heavy atom. The minimum absolute atomic E-state index is 0.000977. The molecule has 0 aliphatic carbocycles. The number of benzene rings is 1. The number of para-hydroxylation sites is 1. The molecule has 0 atom stereocenters. The minimum atomic E-state index is -0.000977. The lowest BCUT2D eigenvalue weighted by Gasteiger charge is -2.32. The summed E-state index contributed by atoms with van der Waals surface area (Å²) >= 11 is 3.66. The van der Waals surface area contributed by atoms with Gasteiger partial charge >= 0.3 is 6.03 Å². The van der Waals surface area contributed by atoms with Gasteiger partial charge in [-0.05, 0) is 53.9 Å². The van der Waals surface area contributed by atoms with Crippen molar-refractivity contribution in [1.82, 2.24) is 29.4 Å². The minimum Gasteiger partial charge on any atom is -0.383 e. The number of nitrogens with zero attached hydrogens (tertiary/aromatic N) is 5. The molecule has 4 heterocycles. The topological polar surface area (TPSA) is 93.5 Å². The maximum atomic E-state index is 12.2. The summed E-state index contributed by atoms with van der Waals surface area (Å²) in [7, 11) is 0. The third-order valence-corrected chi connectivity index (χ3v) is 7.02. The van der Waals surface area contributed by atoms with Gasteiger partial charge in [0.25, 0.3) is 0 Å². The molecule has 5 rings (SSSR count). The van der Waals surface area contributed by atoms with Gasteiger partial charge < -0.3 is 20.5 Å². The monoisotopic (exact) mass is 507 g/mol. The Hall–Kier alpha value is -3.33. The quantitative estimate of drug-likeness (QED) is 0.426. The first-order chi connectivity index (χ1) is 16.1. The molecule has 1 saturated heterocycles. The summed E-state index contributed by atoms with van der Waals surface area (Å²) in [6, 6.07) is 12.2. The van der Waals surface area contributed by atoms with Crippen LogP contribution < -0.4 is 11.1 Å². The van der Waals surface area contributed by atoms with E-state index in [0.29, 0.717) is 25.5 Å². The summed E-state index contributed by atoms with van der Waals surface area (Å²) in [6.07, 6.45) is 7.61. The zero-order chi connectivity index (χ0) is 22.9. The first-order valence-electron chi connectivity index (χ1n) is 11.2. The van der Waals surface area contributed by atoms with Crippen LogP contribution in [-0.4, -0.2) is 49.7 Å². The predicted octanol–water partition coefficient (Wildman–Crippen LogP) is 4.44. The van der Waals surface area contributed by atoms with Gasteiger partial charge in [-0.2, -0.15) is 9.61 Å². The van der Waals surface area contributed by atoms with E-state index in [1.165, 1.54) is 0 Å². The third kappa shape index (κ3) is 3.97. The number of fused-ring (bicyclic) bond motifs is 1. The molecular weight excluding hydrogens is 482 g/mol. The number of nitrogens with two attached hydrogens (primary N) is 1. The number of rotatable bonds is 4. The van der Waals surface area contributed by atoms with Gasteiger partial charge in [-0.15, -0.1) is 0 Å². The molecule has 0 spiro atoms. The Balaban J connectivity index is 1.47. The number of hydrogen-bond acceptors (Lipinski definition) is 4. The predicted molar refractivity (Wildman–Crippen MR) is 132 cm³/mol. The van der Waals surface area contributed by atoms with Gasteiger partial charge in [0.2, 0.25) is 0 Å². The van der Waals surface area contributed by atoms with Gasteiger partial charge in [0.1, 0.15) is 5.82 Å². The molecule has 3 N–H and O–H groups in total. The molecule has 1 aliphatic heterocycles. The van der Waals surface area contributed by atoms with E-state index in [1.807, 2.05) is 42.4 Å². The van der Waals surface area contributed by atoms with Crippen molar-refractivity contribution in [3.8, 4) is 16.8 Å². The van der Waals surface area contributed by atoms with E-state index in [-0.39, 0.29) is 11.9 Å². The Morgan fingerprint density at radius 2 is 1.97 bits per heavy atom. The molecule has 170 valence electrons. The number of piperidine rings is 1. The molecule has 3 aromatic heterocycles. The molecule has 0 unspecified atom stereocenters. The van der Waals surface area contributed by atoms with Crippen LogP contribution in [0.4, 0.5) is 10.6 Å². The van der Waals surface area contributed by atoms with Crippen molar-refractivity contribution >= 4 is 33.4 Å². The highest BCUT2D eigenvalue weighted by atomic mass is 79.9. The summed E-state index contributed by atoms with van der Waals surface area (Å²) in [5.74, 6) is 0.754. The molecule has 4 aromatic rings. The molecular formula is C24H26BrN7O. The van der Waals surface area contributed by atoms with E-state index in [1.54, 1.807) is 4.52 Å². The highest BCUT2D eigenvalue weighted by Crippen LogP contribution is 2.37. The van der Waals surface area contributed by atoms with Crippen molar-refractivity contribution in [1.29, 1.82) is 0 Å². The summed E-state index contributed by atoms with van der Waals surface area (Å²) < 4.78 is 4.55. The van der Waals surface area contributed by atoms with Crippen LogP contribution in [0.5, 0.6) is 0 Å². The Kier molecular flexibility index (Phi) is 5.80. The van der Waals surface area contributed by atoms with Gasteiger partial charge in [0.05, 0.1) is 16.4 Å². The normalized spacial score (nSPS) is 14.7. The van der Waals surface area contributed by atoms with Crippen molar-refractivity contribution in [3.63, 3.8) is 0 Å². The van der Waals surface area contributed by atoms with Crippen LogP contribution in [0.25, 0.3) is 22.5 Å². The first kappa shape index (κ1) is 21.5. The number of likely N-dealkylation sites (tertiary alicyclic amines) is 1. The van der Waals surface area contributed by atoms with Gasteiger partial charge in [-0.1, -0.05) is 18.2 Å². The zero-order valence-electron chi connectivity index (χ0n) is 18.4. The fourth-order valence-corrected chi connectivity index (χ4v) is 5.00. The van der Waals surface area contributed by atoms with E-state index in [9.17, 15) is 4.79 Å². The molecule has 0 radical (unpaired) electrons. The molecule has 1 aliphatic rings. The molecule has 2 amide bonds. The lowest BCUT2D eigenvalue weighted by molar-refractivity contribution is 0.181. The number of amides is 2. The Morgan fingerprint density at radius 3 is 2.70 bits per heavy atom. The van der Waals surface area contributed by atoms with Gasteiger partial charge in [-0.3, -0.25) is 0 Å². The van der Waals surface area contributed by atoms with Crippen LogP contribution in [0, 0.1) is 0 Å². The largest absolute Gasteiger partial charge is 0.383 e. The van der Waals surface area contributed by atoms with Crippen LogP contribution in [-0.2, 0) is 0 Å². The number of nitrogen functional groups attached to an aromatic ring is 1. The number of urea groups is 1. The summed E-state index contributed by atoms with van der Waals surface area (Å²) in [4.78, 5) is 19.1. The van der Waals surface area contributed by atoms with Gasteiger partial charge in [0.15, 0.2) is 5.65 Å². The van der Waals surface area contributed by atoms with E-state index < -0.39 is 0 Å². The second-order valence-electron chi connectivity index (χ2n) is 8.23. The Bertz CT molecular complexity index is 1290. The summed E-state index contributed by atoms with van der Waals surface area (Å²) in [5, 5.41) is 7.39. The number of aromatic nitrogens is 4. The van der Waals surface area contributed by atoms with Crippen LogP contribution in [0.3, 0.4) is 0 Å². The lowest BCUT2D eigenvalue weighted by atomic mass is 9.93. The molecule has 8 nitrogen and oxygen atoms in total. The number of nitrogens with one attached hydrogen (secondary N) is 1. The average Bonchev–Trinajstić information content (AvgIpc) is 3.49. The van der Waals surface area contributed by atoms with Crippen LogP contribution in [0.15, 0.2) is 59.5 Å². The van der Waals surface area contributed by atoms with Crippen molar-refractivity contribution in [2.45, 2.75) is 25.7 Å². The molecule has 33 heavy (non-hydrogen) atoms. The maximum absolute atomic E-state index is 12.2. The number of hydrogen-bond donors (Lipinski definition) is 2. The van der Waals surface area contributed by atoms with E-state index in [2.05, 4.69) is 55.3 Å². The van der Waals surface area contributed by atoms with E-state index in [4.69, 9.17) is 10.7 Å². The maximum Gasteiger partial charge on any atom is 0.317 e. The first-order valence-corrected chi connectivity index (χ1v) is 11.9. The number of carbonyl (C=O) groups is 1. The van der Waals surface area contributed by atoms with Gasteiger partial charge in [0, 0.05) is 54.8 Å². The Labute approximate surface area is 200 Å². The second kappa shape index (κ2) is 8.90. The molecule has 1 fully saturated rings. The number of anilines is 1. The number of carbonyl (C=O) groups excluding carboxylic acids is 1. The fraction of sp³-hybridized carbons (Fsp3) is 0.292. The summed E-state index contributed by atoms with van der Waals surface area (Å²) in [5.41, 5.74) is 11.2. The lowest BCUT2D eigenvalue weighted by Crippen LogP contribution is -2.44. The smallest absolute Gasteiger partial charge is 0.317 e. The SMILES string of the molecule is CCNC(=O)N1CCC(c2nc3c(-c4ccn(-c5ccccc5)c4)cnn3c(N)c2Br)CC1. The van der Waals surface area contributed by atoms with Crippen molar-refractivity contribution < 1.29 is 4.79 Å². The third-order valence-electron chi connectivity index (χ3n) is 6.20. The molecule has 9 heteroatoms. The fourth-order valence-electron chi connectivity index (χ4n) is 4.42. The zero-order valence-corrected chi connectivity index (χ0v) is 20.0.